The number of nitrogens with zero attached hydrogens (tertiary/aromatic N) is 4. The largest absolute Gasteiger partial charge is 0.385 e. The number of aryl methyl sites for hydroxylation is 1. The van der Waals surface area contributed by atoms with Gasteiger partial charge in [-0.2, -0.15) is 4.98 Å². The van der Waals surface area contributed by atoms with Gasteiger partial charge in [0.15, 0.2) is 11.8 Å². The summed E-state index contributed by atoms with van der Waals surface area (Å²) >= 11 is 0. The molecule has 0 bridgehead atoms. The van der Waals surface area contributed by atoms with Crippen molar-refractivity contribution in [1.82, 2.24) is 25.7 Å². The van der Waals surface area contributed by atoms with Gasteiger partial charge in [-0.3, -0.25) is 0 Å². The van der Waals surface area contributed by atoms with Gasteiger partial charge in [-0.25, -0.2) is 4.99 Å². The van der Waals surface area contributed by atoms with Crippen molar-refractivity contribution in [3.63, 3.8) is 0 Å². The van der Waals surface area contributed by atoms with E-state index < -0.39 is 0 Å². The molecule has 22 heavy (non-hydrogen) atoms. The average Bonchev–Trinajstić information content (AvgIpc) is 2.91. The quantitative estimate of drug-likeness (QED) is 0.367. The molecular weight excluding hydrogens is 284 g/mol. The first-order valence-electron chi connectivity index (χ1n) is 7.64. The van der Waals surface area contributed by atoms with Gasteiger partial charge in [0.2, 0.25) is 5.89 Å². The molecule has 1 aromatic rings. The first-order chi connectivity index (χ1) is 10.7. The van der Waals surface area contributed by atoms with E-state index in [4.69, 9.17) is 9.26 Å². The highest BCUT2D eigenvalue weighted by Gasteiger charge is 2.03. The molecule has 8 heteroatoms. The molecule has 0 fully saturated rings. The van der Waals surface area contributed by atoms with Crippen LogP contribution in [0.15, 0.2) is 9.52 Å². The Balaban J connectivity index is 2.30. The van der Waals surface area contributed by atoms with Crippen LogP contribution in [0, 0.1) is 6.92 Å². The third kappa shape index (κ3) is 7.94. The van der Waals surface area contributed by atoms with Gasteiger partial charge in [-0.1, -0.05) is 5.16 Å². The van der Waals surface area contributed by atoms with Crippen LogP contribution in [0.5, 0.6) is 0 Å². The zero-order valence-electron chi connectivity index (χ0n) is 14.1. The van der Waals surface area contributed by atoms with E-state index in [0.717, 1.165) is 45.2 Å². The number of likely N-dealkylation sites (N-methyl/N-ethyl adjacent to an activating group) is 1. The molecule has 0 saturated heterocycles. The molecule has 8 nitrogen and oxygen atoms in total. The van der Waals surface area contributed by atoms with Gasteiger partial charge < -0.3 is 24.8 Å². The predicted molar refractivity (Wildman–Crippen MR) is 85.8 cm³/mol. The summed E-state index contributed by atoms with van der Waals surface area (Å²) in [5, 5.41) is 10.2. The minimum atomic E-state index is 0.375. The maximum atomic E-state index is 5.05. The normalized spacial score (nSPS) is 12.0. The molecule has 1 heterocycles. The van der Waals surface area contributed by atoms with E-state index in [9.17, 15) is 0 Å². The lowest BCUT2D eigenvalue weighted by molar-refractivity contribution is 0.180. The van der Waals surface area contributed by atoms with E-state index in [2.05, 4.69) is 37.7 Å². The second-order valence-electron chi connectivity index (χ2n) is 5.01. The Morgan fingerprint density at radius 3 is 2.82 bits per heavy atom. The van der Waals surface area contributed by atoms with Crippen LogP contribution < -0.4 is 10.6 Å². The Morgan fingerprint density at radius 1 is 1.36 bits per heavy atom. The minimum Gasteiger partial charge on any atom is -0.385 e. The molecule has 0 aliphatic heterocycles. The van der Waals surface area contributed by atoms with Crippen molar-refractivity contribution in [1.29, 1.82) is 0 Å². The van der Waals surface area contributed by atoms with Gasteiger partial charge >= 0.3 is 0 Å². The Bertz CT molecular complexity index is 435. The lowest BCUT2D eigenvalue weighted by Gasteiger charge is -2.17. The van der Waals surface area contributed by atoms with E-state index in [-0.39, 0.29) is 0 Å². The summed E-state index contributed by atoms with van der Waals surface area (Å²) in [5.41, 5.74) is 0. The van der Waals surface area contributed by atoms with E-state index in [1.165, 1.54) is 0 Å². The second kappa shape index (κ2) is 11.0. The summed E-state index contributed by atoms with van der Waals surface area (Å²) in [6.07, 6.45) is 1.04. The number of rotatable bonds is 10. The van der Waals surface area contributed by atoms with Crippen LogP contribution in [-0.2, 0) is 11.3 Å². The SMILES string of the molecule is CCNC(=NCc1nc(C)no1)NCCN(C)CCCOC. The van der Waals surface area contributed by atoms with Crippen molar-refractivity contribution in [2.24, 2.45) is 4.99 Å². The average molecular weight is 312 g/mol. The molecule has 0 amide bonds. The van der Waals surface area contributed by atoms with Crippen LogP contribution in [0.1, 0.15) is 25.1 Å². The monoisotopic (exact) mass is 312 g/mol. The molecule has 0 aromatic carbocycles. The summed E-state index contributed by atoms with van der Waals surface area (Å²) in [6.45, 7) is 8.57. The van der Waals surface area contributed by atoms with E-state index in [0.29, 0.717) is 18.3 Å². The van der Waals surface area contributed by atoms with Crippen LogP contribution >= 0.6 is 0 Å². The number of ether oxygens (including phenoxy) is 1. The Hall–Kier alpha value is -1.67. The van der Waals surface area contributed by atoms with Gasteiger partial charge in [0.25, 0.3) is 0 Å². The number of methoxy groups -OCH3 is 1. The van der Waals surface area contributed by atoms with Crippen LogP contribution in [-0.4, -0.2) is 67.9 Å². The Kier molecular flexibility index (Phi) is 9.17. The molecule has 2 N–H and O–H groups in total. The fraction of sp³-hybridized carbons (Fsp3) is 0.786. The number of aliphatic imine (C=N–C) groups is 1. The van der Waals surface area contributed by atoms with Crippen molar-refractivity contribution >= 4 is 5.96 Å². The maximum absolute atomic E-state index is 5.05. The maximum Gasteiger partial charge on any atom is 0.248 e. The highest BCUT2D eigenvalue weighted by Crippen LogP contribution is 1.97. The zero-order valence-corrected chi connectivity index (χ0v) is 14.1. The molecule has 0 radical (unpaired) electrons. The molecule has 0 aliphatic carbocycles. The summed E-state index contributed by atoms with van der Waals surface area (Å²) in [7, 11) is 3.83. The lowest BCUT2D eigenvalue weighted by atomic mass is 10.4. The van der Waals surface area contributed by atoms with E-state index in [1.807, 2.05) is 6.92 Å². The van der Waals surface area contributed by atoms with Gasteiger partial charge in [-0.05, 0) is 27.3 Å². The molecule has 0 aliphatic rings. The molecule has 0 unspecified atom stereocenters. The summed E-state index contributed by atoms with van der Waals surface area (Å²) < 4.78 is 10.1. The highest BCUT2D eigenvalue weighted by atomic mass is 16.5. The van der Waals surface area contributed by atoms with Crippen LogP contribution in [0.3, 0.4) is 0 Å². The third-order valence-electron chi connectivity index (χ3n) is 2.96. The van der Waals surface area contributed by atoms with Crippen molar-refractivity contribution in [3.05, 3.63) is 11.7 Å². The van der Waals surface area contributed by atoms with Crippen LogP contribution in [0.25, 0.3) is 0 Å². The van der Waals surface area contributed by atoms with Crippen LogP contribution in [0.2, 0.25) is 0 Å². The van der Waals surface area contributed by atoms with Gasteiger partial charge in [-0.15, -0.1) is 0 Å². The first kappa shape index (κ1) is 18.4. The molecule has 1 aromatic heterocycles. The number of hydrogen-bond acceptors (Lipinski definition) is 6. The molecule has 1 rings (SSSR count). The van der Waals surface area contributed by atoms with Gasteiger partial charge in [0.1, 0.15) is 6.54 Å². The summed E-state index contributed by atoms with van der Waals surface area (Å²) in [4.78, 5) is 10.8. The fourth-order valence-corrected chi connectivity index (χ4v) is 1.85. The van der Waals surface area contributed by atoms with Crippen LogP contribution in [0.4, 0.5) is 0 Å². The van der Waals surface area contributed by atoms with E-state index >= 15 is 0 Å². The number of aromatic nitrogens is 2. The summed E-state index contributed by atoms with van der Waals surface area (Å²) in [6, 6.07) is 0. The highest BCUT2D eigenvalue weighted by molar-refractivity contribution is 5.79. The van der Waals surface area contributed by atoms with Crippen molar-refractivity contribution < 1.29 is 9.26 Å². The van der Waals surface area contributed by atoms with E-state index in [1.54, 1.807) is 14.0 Å². The van der Waals surface area contributed by atoms with Gasteiger partial charge in [0.05, 0.1) is 0 Å². The second-order valence-corrected chi connectivity index (χ2v) is 5.01. The topological polar surface area (TPSA) is 87.8 Å². The number of guanidine groups is 1. The Labute approximate surface area is 132 Å². The summed E-state index contributed by atoms with van der Waals surface area (Å²) in [5.74, 6) is 1.90. The van der Waals surface area contributed by atoms with Gasteiger partial charge in [0, 0.05) is 39.9 Å². The molecule has 0 saturated carbocycles. The molecular formula is C14H28N6O2. The predicted octanol–water partition coefficient (Wildman–Crippen LogP) is 0.401. The molecule has 126 valence electrons. The third-order valence-corrected chi connectivity index (χ3v) is 2.96. The Morgan fingerprint density at radius 2 is 2.18 bits per heavy atom. The molecule has 0 spiro atoms. The van der Waals surface area contributed by atoms with Crippen molar-refractivity contribution in [2.45, 2.75) is 26.8 Å². The number of nitrogens with one attached hydrogen (secondary N) is 2. The standard InChI is InChI=1S/C14H28N6O2/c1-5-15-14(17-11-13-18-12(2)19-22-13)16-7-9-20(3)8-6-10-21-4/h5-11H2,1-4H3,(H2,15,16,17). The lowest BCUT2D eigenvalue weighted by Crippen LogP contribution is -2.41. The first-order valence-corrected chi connectivity index (χ1v) is 7.64. The number of hydrogen-bond donors (Lipinski definition) is 2. The fourth-order valence-electron chi connectivity index (χ4n) is 1.85. The zero-order chi connectivity index (χ0) is 16.2. The van der Waals surface area contributed by atoms with Crippen molar-refractivity contribution in [3.8, 4) is 0 Å². The van der Waals surface area contributed by atoms with Crippen molar-refractivity contribution in [2.75, 3.05) is 46.9 Å². The minimum absolute atomic E-state index is 0.375. The smallest absolute Gasteiger partial charge is 0.248 e. The molecule has 0 atom stereocenters.